The van der Waals surface area contributed by atoms with Gasteiger partial charge in [-0.05, 0) is 31.0 Å². The van der Waals surface area contributed by atoms with Crippen molar-refractivity contribution in [1.82, 2.24) is 0 Å². The quantitative estimate of drug-likeness (QED) is 0.320. The minimum absolute atomic E-state index is 0.0216. The summed E-state index contributed by atoms with van der Waals surface area (Å²) in [5, 5.41) is 11.2. The lowest BCUT2D eigenvalue weighted by molar-refractivity contribution is -0.384. The Morgan fingerprint density at radius 3 is 2.22 bits per heavy atom. The minimum Gasteiger partial charge on any atom is -0.451 e. The molecule has 0 radical (unpaired) electrons. The van der Waals surface area contributed by atoms with Gasteiger partial charge in [0, 0.05) is 25.7 Å². The van der Waals surface area contributed by atoms with E-state index in [1.165, 1.54) is 19.1 Å². The zero-order chi connectivity index (χ0) is 20.1. The lowest BCUT2D eigenvalue weighted by Gasteiger charge is -2.15. The van der Waals surface area contributed by atoms with Crippen LogP contribution in [0.3, 0.4) is 0 Å². The summed E-state index contributed by atoms with van der Waals surface area (Å²) in [6.45, 7) is 3.50. The van der Waals surface area contributed by atoms with Crippen molar-refractivity contribution in [2.75, 3.05) is 19.0 Å². The smallest absolute Gasteiger partial charge is 0.339 e. The fourth-order valence-electron chi connectivity index (χ4n) is 2.60. The number of nitro benzene ring substituents is 1. The Balaban J connectivity index is 2.16. The molecule has 0 saturated carbocycles. The largest absolute Gasteiger partial charge is 0.451 e. The number of rotatable bonds is 7. The molecule has 0 spiro atoms. The van der Waals surface area contributed by atoms with Crippen LogP contribution in [0.4, 0.5) is 11.4 Å². The summed E-state index contributed by atoms with van der Waals surface area (Å²) in [6.07, 6.45) is -0.140. The topological polar surface area (TPSA) is 89.8 Å². The molecule has 0 fully saturated rings. The molecule has 2 rings (SSSR count). The van der Waals surface area contributed by atoms with Gasteiger partial charge in [-0.1, -0.05) is 31.2 Å². The normalized spacial score (nSPS) is 11.6. The molecule has 0 amide bonds. The van der Waals surface area contributed by atoms with E-state index in [0.29, 0.717) is 11.3 Å². The Kier molecular flexibility index (Phi) is 6.28. The number of ether oxygens (including phenoxy) is 1. The second-order valence-electron chi connectivity index (χ2n) is 6.32. The van der Waals surface area contributed by atoms with E-state index in [2.05, 4.69) is 0 Å². The van der Waals surface area contributed by atoms with E-state index in [-0.39, 0.29) is 17.0 Å². The van der Waals surface area contributed by atoms with Gasteiger partial charge in [-0.25, -0.2) is 4.79 Å². The zero-order valence-corrected chi connectivity index (χ0v) is 15.8. The first-order chi connectivity index (χ1) is 12.7. The highest BCUT2D eigenvalue weighted by atomic mass is 16.6. The van der Waals surface area contributed by atoms with Crippen LogP contribution >= 0.6 is 0 Å². The second-order valence-corrected chi connectivity index (χ2v) is 6.32. The van der Waals surface area contributed by atoms with Crippen LogP contribution < -0.4 is 4.90 Å². The molecule has 7 nitrogen and oxygen atoms in total. The number of aryl methyl sites for hydroxylation is 1. The monoisotopic (exact) mass is 370 g/mol. The number of hydrogen-bond acceptors (Lipinski definition) is 6. The Labute approximate surface area is 157 Å². The number of anilines is 1. The van der Waals surface area contributed by atoms with Crippen LogP contribution in [-0.4, -0.2) is 36.9 Å². The molecule has 2 aromatic carbocycles. The summed E-state index contributed by atoms with van der Waals surface area (Å²) < 4.78 is 5.22. The van der Waals surface area contributed by atoms with Crippen molar-refractivity contribution in [2.24, 2.45) is 0 Å². The summed E-state index contributed by atoms with van der Waals surface area (Å²) in [7, 11) is 3.34. The average Bonchev–Trinajstić information content (AvgIpc) is 2.66. The zero-order valence-electron chi connectivity index (χ0n) is 15.8. The fourth-order valence-corrected chi connectivity index (χ4v) is 2.60. The number of ketones is 1. The molecular formula is C20H22N2O5. The van der Waals surface area contributed by atoms with Gasteiger partial charge in [0.15, 0.2) is 6.10 Å². The summed E-state index contributed by atoms with van der Waals surface area (Å²) in [4.78, 5) is 37.0. The maximum absolute atomic E-state index is 12.4. The number of carbonyl (C=O) groups is 2. The standard InChI is InChI=1S/C20H22N2O5/c1-5-14-6-8-15(9-7-14)19(23)13(2)27-20(24)16-10-11-17(21(3)4)18(12-16)22(25)26/h6-13H,5H2,1-4H3/t13-/m0/s1. The third-order valence-electron chi connectivity index (χ3n) is 4.19. The lowest BCUT2D eigenvalue weighted by Crippen LogP contribution is -2.24. The number of nitro groups is 1. The molecule has 0 aliphatic heterocycles. The molecule has 0 aliphatic rings. The molecule has 0 N–H and O–H groups in total. The summed E-state index contributed by atoms with van der Waals surface area (Å²) in [6, 6.07) is 11.2. The van der Waals surface area contributed by atoms with Crippen LogP contribution in [0.15, 0.2) is 42.5 Å². The van der Waals surface area contributed by atoms with Crippen molar-refractivity contribution in [3.05, 3.63) is 69.3 Å². The highest BCUT2D eigenvalue weighted by Crippen LogP contribution is 2.28. The SMILES string of the molecule is CCc1ccc(C(=O)[C@H](C)OC(=O)c2ccc(N(C)C)c([N+](=O)[O-])c2)cc1. The Bertz CT molecular complexity index is 859. The predicted molar refractivity (Wildman–Crippen MR) is 102 cm³/mol. The minimum atomic E-state index is -1.00. The average molecular weight is 370 g/mol. The second kappa shape index (κ2) is 8.44. The van der Waals surface area contributed by atoms with E-state index in [9.17, 15) is 19.7 Å². The number of benzene rings is 2. The van der Waals surface area contributed by atoms with Crippen LogP contribution in [0.5, 0.6) is 0 Å². The van der Waals surface area contributed by atoms with Gasteiger partial charge in [0.1, 0.15) is 5.69 Å². The van der Waals surface area contributed by atoms with Crippen molar-refractivity contribution in [3.8, 4) is 0 Å². The van der Waals surface area contributed by atoms with Gasteiger partial charge < -0.3 is 9.64 Å². The van der Waals surface area contributed by atoms with Crippen molar-refractivity contribution in [2.45, 2.75) is 26.4 Å². The molecule has 1 atom stereocenters. The van der Waals surface area contributed by atoms with Gasteiger partial charge in [0.25, 0.3) is 5.69 Å². The van der Waals surface area contributed by atoms with E-state index in [0.717, 1.165) is 18.1 Å². The van der Waals surface area contributed by atoms with Crippen molar-refractivity contribution in [3.63, 3.8) is 0 Å². The Morgan fingerprint density at radius 1 is 1.11 bits per heavy atom. The van der Waals surface area contributed by atoms with Crippen LogP contribution in [0, 0.1) is 10.1 Å². The maximum Gasteiger partial charge on any atom is 0.339 e. The number of hydrogen-bond donors (Lipinski definition) is 0. The first kappa shape index (κ1) is 20.1. The molecule has 7 heteroatoms. The number of esters is 1. The highest BCUT2D eigenvalue weighted by molar-refractivity contribution is 6.01. The van der Waals surface area contributed by atoms with E-state index in [4.69, 9.17) is 4.74 Å². The first-order valence-electron chi connectivity index (χ1n) is 8.54. The van der Waals surface area contributed by atoms with E-state index < -0.39 is 17.0 Å². The Morgan fingerprint density at radius 2 is 1.70 bits per heavy atom. The van der Waals surface area contributed by atoms with Crippen molar-refractivity contribution < 1.29 is 19.2 Å². The van der Waals surface area contributed by atoms with Crippen molar-refractivity contribution in [1.29, 1.82) is 0 Å². The van der Waals surface area contributed by atoms with Gasteiger partial charge >= 0.3 is 5.97 Å². The van der Waals surface area contributed by atoms with Crippen molar-refractivity contribution >= 4 is 23.1 Å². The summed E-state index contributed by atoms with van der Waals surface area (Å²) in [5.74, 6) is -1.11. The van der Waals surface area contributed by atoms with E-state index >= 15 is 0 Å². The maximum atomic E-state index is 12.4. The first-order valence-corrected chi connectivity index (χ1v) is 8.54. The molecule has 27 heavy (non-hydrogen) atoms. The Hall–Kier alpha value is -3.22. The summed E-state index contributed by atoms with van der Waals surface area (Å²) in [5.41, 5.74) is 1.74. The van der Waals surface area contributed by atoms with E-state index in [1.54, 1.807) is 31.1 Å². The molecule has 142 valence electrons. The van der Waals surface area contributed by atoms with Gasteiger partial charge in [0.05, 0.1) is 10.5 Å². The number of Topliss-reactive ketones (excluding diaryl/α,β-unsaturated/α-hetero) is 1. The molecule has 0 unspecified atom stereocenters. The molecule has 0 aromatic heterocycles. The van der Waals surface area contributed by atoms with E-state index in [1.807, 2.05) is 19.1 Å². The highest BCUT2D eigenvalue weighted by Gasteiger charge is 2.23. The van der Waals surface area contributed by atoms with Gasteiger partial charge in [-0.2, -0.15) is 0 Å². The third-order valence-corrected chi connectivity index (χ3v) is 4.19. The van der Waals surface area contributed by atoms with Gasteiger partial charge in [-0.15, -0.1) is 0 Å². The summed E-state index contributed by atoms with van der Waals surface area (Å²) >= 11 is 0. The molecule has 0 bridgehead atoms. The van der Waals surface area contributed by atoms with Crippen LogP contribution in [0.1, 0.15) is 40.1 Å². The predicted octanol–water partition coefficient (Wildman–Crippen LogP) is 3.65. The third kappa shape index (κ3) is 4.69. The van der Waals surface area contributed by atoms with Crippen LogP contribution in [0.2, 0.25) is 0 Å². The van der Waals surface area contributed by atoms with Gasteiger partial charge in [0.2, 0.25) is 5.78 Å². The molecule has 0 saturated heterocycles. The molecule has 0 heterocycles. The number of carbonyl (C=O) groups excluding carboxylic acids is 2. The fraction of sp³-hybridized carbons (Fsp3) is 0.300. The molecular weight excluding hydrogens is 348 g/mol. The number of nitrogens with zero attached hydrogens (tertiary/aromatic N) is 2. The van der Waals surface area contributed by atoms with Crippen LogP contribution in [0.25, 0.3) is 0 Å². The van der Waals surface area contributed by atoms with Gasteiger partial charge in [-0.3, -0.25) is 14.9 Å². The molecule has 2 aromatic rings. The lowest BCUT2D eigenvalue weighted by atomic mass is 10.0. The molecule has 0 aliphatic carbocycles. The van der Waals surface area contributed by atoms with Crippen LogP contribution in [-0.2, 0) is 11.2 Å².